The second-order valence-corrected chi connectivity index (χ2v) is 6.31. The summed E-state index contributed by atoms with van der Waals surface area (Å²) in [7, 11) is 0. The van der Waals surface area contributed by atoms with E-state index in [2.05, 4.69) is 10.5 Å². The number of rotatable bonds is 7. The third-order valence-corrected chi connectivity index (χ3v) is 4.43. The summed E-state index contributed by atoms with van der Waals surface area (Å²) < 4.78 is 5.23. The molecule has 0 bridgehead atoms. The lowest BCUT2D eigenvalue weighted by Crippen LogP contribution is -2.33. The Kier molecular flexibility index (Phi) is 7.47. The normalized spacial score (nSPS) is 17.2. The molecule has 3 rings (SSSR count). The highest BCUT2D eigenvalue weighted by atomic mass is 35.5. The Morgan fingerprint density at radius 3 is 2.83 bits per heavy atom. The van der Waals surface area contributed by atoms with E-state index in [0.717, 1.165) is 25.1 Å². The Morgan fingerprint density at radius 2 is 2.08 bits per heavy atom. The van der Waals surface area contributed by atoms with Crippen LogP contribution < -0.4 is 5.32 Å². The maximum Gasteiger partial charge on any atom is 0.202 e. The van der Waals surface area contributed by atoms with Crippen LogP contribution in [-0.4, -0.2) is 23.5 Å². The fraction of sp³-hybridized carbons (Fsp3) is 0.474. The summed E-state index contributed by atoms with van der Waals surface area (Å²) in [6.07, 6.45) is 7.02. The van der Waals surface area contributed by atoms with Gasteiger partial charge in [0.05, 0.1) is 5.69 Å². The predicted octanol–water partition coefficient (Wildman–Crippen LogP) is 4.18. The Balaban J connectivity index is 0.00000208. The fourth-order valence-corrected chi connectivity index (χ4v) is 3.13. The van der Waals surface area contributed by atoms with E-state index in [4.69, 9.17) is 4.52 Å². The van der Waals surface area contributed by atoms with Gasteiger partial charge in [0, 0.05) is 24.9 Å². The topological polar surface area (TPSA) is 55.1 Å². The average Bonchev–Trinajstić information content (AvgIpc) is 3.05. The molecule has 24 heavy (non-hydrogen) atoms. The number of Topliss-reactive ketones (excluding diaryl/α,β-unsaturated/α-hetero) is 1. The number of carbonyl (C=O) groups is 1. The SMILES string of the molecule is Cl.O=C(CCCC1CCCCN1)c1cc(Cc2ccccc2)no1. The van der Waals surface area contributed by atoms with Crippen LogP contribution >= 0.6 is 12.4 Å². The van der Waals surface area contributed by atoms with Crippen molar-refractivity contribution in [1.29, 1.82) is 0 Å². The first-order valence-electron chi connectivity index (χ1n) is 8.57. The maximum atomic E-state index is 12.2. The van der Waals surface area contributed by atoms with Gasteiger partial charge in [0.15, 0.2) is 0 Å². The number of benzene rings is 1. The van der Waals surface area contributed by atoms with Gasteiger partial charge in [-0.1, -0.05) is 41.9 Å². The van der Waals surface area contributed by atoms with Gasteiger partial charge in [-0.25, -0.2) is 0 Å². The molecule has 130 valence electrons. The summed E-state index contributed by atoms with van der Waals surface area (Å²) in [5, 5.41) is 7.54. The highest BCUT2D eigenvalue weighted by Gasteiger charge is 2.16. The van der Waals surface area contributed by atoms with Gasteiger partial charge in [-0.3, -0.25) is 4.79 Å². The molecule has 0 saturated carbocycles. The van der Waals surface area contributed by atoms with Crippen molar-refractivity contribution in [1.82, 2.24) is 10.5 Å². The summed E-state index contributed by atoms with van der Waals surface area (Å²) in [6, 6.07) is 12.5. The van der Waals surface area contributed by atoms with Crippen LogP contribution in [0.3, 0.4) is 0 Å². The van der Waals surface area contributed by atoms with E-state index < -0.39 is 0 Å². The smallest absolute Gasteiger partial charge is 0.202 e. The highest BCUT2D eigenvalue weighted by Crippen LogP contribution is 2.16. The van der Waals surface area contributed by atoms with Crippen LogP contribution in [0.2, 0.25) is 0 Å². The molecule has 4 nitrogen and oxygen atoms in total. The molecule has 1 aromatic carbocycles. The number of hydrogen-bond acceptors (Lipinski definition) is 4. The van der Waals surface area contributed by atoms with E-state index in [-0.39, 0.29) is 18.2 Å². The van der Waals surface area contributed by atoms with Crippen LogP contribution in [0.1, 0.15) is 60.3 Å². The summed E-state index contributed by atoms with van der Waals surface area (Å²) in [5.41, 5.74) is 1.98. The van der Waals surface area contributed by atoms with Gasteiger partial charge < -0.3 is 9.84 Å². The van der Waals surface area contributed by atoms with E-state index in [1.54, 1.807) is 6.07 Å². The number of piperidine rings is 1. The van der Waals surface area contributed by atoms with Crippen LogP contribution in [0.5, 0.6) is 0 Å². The fourth-order valence-electron chi connectivity index (χ4n) is 3.13. The largest absolute Gasteiger partial charge is 0.353 e. The Labute approximate surface area is 149 Å². The van der Waals surface area contributed by atoms with Crippen molar-refractivity contribution in [3.05, 3.63) is 53.4 Å². The minimum absolute atomic E-state index is 0. The number of halogens is 1. The molecule has 0 aliphatic carbocycles. The van der Waals surface area contributed by atoms with Crippen molar-refractivity contribution < 1.29 is 9.32 Å². The quantitative estimate of drug-likeness (QED) is 0.762. The lowest BCUT2D eigenvalue weighted by atomic mass is 9.98. The number of carbonyl (C=O) groups excluding carboxylic acids is 1. The molecule has 2 heterocycles. The number of nitrogens with one attached hydrogen (secondary N) is 1. The molecule has 0 spiro atoms. The molecular weight excluding hydrogens is 324 g/mol. The average molecular weight is 349 g/mol. The third-order valence-electron chi connectivity index (χ3n) is 4.43. The molecule has 1 unspecified atom stereocenters. The zero-order chi connectivity index (χ0) is 15.9. The molecule has 5 heteroatoms. The van der Waals surface area contributed by atoms with E-state index in [1.807, 2.05) is 30.3 Å². The molecule has 1 aliphatic heterocycles. The Morgan fingerprint density at radius 1 is 1.25 bits per heavy atom. The van der Waals surface area contributed by atoms with E-state index in [9.17, 15) is 4.79 Å². The zero-order valence-electron chi connectivity index (χ0n) is 13.9. The van der Waals surface area contributed by atoms with Crippen molar-refractivity contribution in [2.75, 3.05) is 6.54 Å². The summed E-state index contributed by atoms with van der Waals surface area (Å²) in [4.78, 5) is 12.2. The van der Waals surface area contributed by atoms with Crippen molar-refractivity contribution in [3.8, 4) is 0 Å². The molecule has 1 saturated heterocycles. The van der Waals surface area contributed by atoms with Crippen LogP contribution in [0, 0.1) is 0 Å². The lowest BCUT2D eigenvalue weighted by Gasteiger charge is -2.23. The second-order valence-electron chi connectivity index (χ2n) is 6.31. The number of ketones is 1. The van der Waals surface area contributed by atoms with Crippen LogP contribution in [0.15, 0.2) is 40.9 Å². The van der Waals surface area contributed by atoms with E-state index in [1.165, 1.54) is 24.8 Å². The van der Waals surface area contributed by atoms with E-state index in [0.29, 0.717) is 24.6 Å². The lowest BCUT2D eigenvalue weighted by molar-refractivity contribution is 0.0942. The minimum atomic E-state index is 0. The van der Waals surface area contributed by atoms with E-state index >= 15 is 0 Å². The Hall–Kier alpha value is -1.65. The first kappa shape index (κ1) is 18.7. The number of nitrogens with zero attached hydrogens (tertiary/aromatic N) is 1. The summed E-state index contributed by atoms with van der Waals surface area (Å²) >= 11 is 0. The molecule has 1 N–H and O–H groups in total. The maximum absolute atomic E-state index is 12.2. The van der Waals surface area contributed by atoms with Crippen LogP contribution in [0.4, 0.5) is 0 Å². The molecule has 2 aromatic rings. The predicted molar refractivity (Wildman–Crippen MR) is 96.8 cm³/mol. The minimum Gasteiger partial charge on any atom is -0.353 e. The second kappa shape index (κ2) is 9.60. The molecule has 0 amide bonds. The first-order chi connectivity index (χ1) is 11.3. The number of aromatic nitrogens is 1. The van der Waals surface area contributed by atoms with Gasteiger partial charge in [-0.2, -0.15) is 0 Å². The molecule has 1 aliphatic rings. The van der Waals surface area contributed by atoms with Gasteiger partial charge in [0.25, 0.3) is 0 Å². The summed E-state index contributed by atoms with van der Waals surface area (Å²) in [6.45, 7) is 1.11. The van der Waals surface area contributed by atoms with Crippen LogP contribution in [0.25, 0.3) is 0 Å². The molecule has 1 fully saturated rings. The van der Waals surface area contributed by atoms with Crippen LogP contribution in [-0.2, 0) is 6.42 Å². The van der Waals surface area contributed by atoms with Gasteiger partial charge in [-0.05, 0) is 37.8 Å². The van der Waals surface area contributed by atoms with Crippen molar-refractivity contribution in [2.24, 2.45) is 0 Å². The summed E-state index contributed by atoms with van der Waals surface area (Å²) in [5.74, 6) is 0.458. The van der Waals surface area contributed by atoms with Gasteiger partial charge in [-0.15, -0.1) is 12.4 Å². The molecule has 1 aromatic heterocycles. The van der Waals surface area contributed by atoms with Crippen molar-refractivity contribution in [2.45, 2.75) is 51.0 Å². The van der Waals surface area contributed by atoms with Gasteiger partial charge in [0.1, 0.15) is 0 Å². The molecule has 0 radical (unpaired) electrons. The molecular formula is C19H25ClN2O2. The van der Waals surface area contributed by atoms with Gasteiger partial charge >= 0.3 is 0 Å². The van der Waals surface area contributed by atoms with Crippen molar-refractivity contribution >= 4 is 18.2 Å². The highest BCUT2D eigenvalue weighted by molar-refractivity contribution is 5.93. The third kappa shape index (κ3) is 5.46. The Bertz CT molecular complexity index is 621. The van der Waals surface area contributed by atoms with Crippen molar-refractivity contribution in [3.63, 3.8) is 0 Å². The first-order valence-corrected chi connectivity index (χ1v) is 8.57. The zero-order valence-corrected chi connectivity index (χ0v) is 14.7. The molecule has 1 atom stereocenters. The standard InChI is InChI=1S/C19H24N2O2.ClH/c22-18(11-6-10-16-9-4-5-12-20-16)19-14-17(21-23-19)13-15-7-2-1-3-8-15;/h1-3,7-8,14,16,20H,4-6,9-13H2;1H. The monoisotopic (exact) mass is 348 g/mol. The van der Waals surface area contributed by atoms with Gasteiger partial charge in [0.2, 0.25) is 11.5 Å². The number of hydrogen-bond donors (Lipinski definition) is 1.